The van der Waals surface area contributed by atoms with Gasteiger partial charge in [-0.3, -0.25) is 4.79 Å². The van der Waals surface area contributed by atoms with Crippen LogP contribution in [-0.2, 0) is 19.3 Å². The molecule has 0 aliphatic heterocycles. The average Bonchev–Trinajstić information content (AvgIpc) is 3.15. The van der Waals surface area contributed by atoms with Crippen molar-refractivity contribution in [3.05, 3.63) is 105 Å². The smallest absolute Gasteiger partial charge is 0.187 e. The molecule has 0 fully saturated rings. The van der Waals surface area contributed by atoms with Gasteiger partial charge < -0.3 is 4.98 Å². The molecule has 5 heteroatoms. The largest absolute Gasteiger partial charge is 0.343 e. The molecule has 2 aromatic carbocycles. The van der Waals surface area contributed by atoms with Crippen LogP contribution in [0.2, 0.25) is 0 Å². The monoisotopic (exact) mass is 443 g/mol. The number of fused-ring (bicyclic) bond motifs is 1. The summed E-state index contributed by atoms with van der Waals surface area (Å²) in [4.78, 5) is 23.9. The second-order valence-electron chi connectivity index (χ2n) is 6.93. The lowest BCUT2D eigenvalue weighted by Gasteiger charge is -2.03. The lowest BCUT2D eigenvalue weighted by atomic mass is 10.0. The summed E-state index contributed by atoms with van der Waals surface area (Å²) in [5.74, 6) is 0.0669. The summed E-state index contributed by atoms with van der Waals surface area (Å²) in [7, 11) is 0. The number of nitrogens with one attached hydrogen (secondary N) is 1. The number of aromatic amines is 1. The number of Topliss-reactive ketones (excluding diaryl/α,β-unsaturated/α-hetero) is 1. The Balaban J connectivity index is 1.46. The van der Waals surface area contributed by atoms with E-state index in [0.717, 1.165) is 39.6 Å². The van der Waals surface area contributed by atoms with Crippen LogP contribution in [0.3, 0.4) is 0 Å². The van der Waals surface area contributed by atoms with Gasteiger partial charge in [0.25, 0.3) is 0 Å². The third kappa shape index (κ3) is 4.44. The van der Waals surface area contributed by atoms with Gasteiger partial charge in [0.15, 0.2) is 11.5 Å². The first-order chi connectivity index (χ1) is 14.1. The highest BCUT2D eigenvalue weighted by Gasteiger charge is 2.12. The van der Waals surface area contributed by atoms with Crippen LogP contribution in [0, 0.1) is 6.57 Å². The molecule has 0 amide bonds. The molecule has 0 radical (unpaired) electrons. The normalized spacial score (nSPS) is 10.8. The summed E-state index contributed by atoms with van der Waals surface area (Å²) in [6.07, 6.45) is 3.83. The van der Waals surface area contributed by atoms with Gasteiger partial charge in [0.05, 0.1) is 6.57 Å². The number of carbonyl (C=O) groups is 1. The first-order valence-electron chi connectivity index (χ1n) is 9.33. The van der Waals surface area contributed by atoms with Gasteiger partial charge in [0.1, 0.15) is 5.65 Å². The summed E-state index contributed by atoms with van der Waals surface area (Å²) in [5.41, 5.74) is 5.39. The first kappa shape index (κ1) is 19.1. The van der Waals surface area contributed by atoms with Crippen LogP contribution in [0.4, 0.5) is 5.69 Å². The number of benzene rings is 2. The van der Waals surface area contributed by atoms with Crippen LogP contribution in [-0.4, -0.2) is 15.8 Å². The van der Waals surface area contributed by atoms with Crippen molar-refractivity contribution >= 4 is 38.4 Å². The topological polar surface area (TPSA) is 50.1 Å². The van der Waals surface area contributed by atoms with Crippen molar-refractivity contribution in [2.45, 2.75) is 19.3 Å². The average molecular weight is 444 g/mol. The Morgan fingerprint density at radius 1 is 1.03 bits per heavy atom. The van der Waals surface area contributed by atoms with Crippen molar-refractivity contribution in [2.75, 3.05) is 0 Å². The van der Waals surface area contributed by atoms with Gasteiger partial charge >= 0.3 is 0 Å². The van der Waals surface area contributed by atoms with Gasteiger partial charge in [0.2, 0.25) is 0 Å². The molecule has 4 nitrogen and oxygen atoms in total. The molecule has 0 aliphatic carbocycles. The van der Waals surface area contributed by atoms with Crippen molar-refractivity contribution in [2.24, 2.45) is 0 Å². The van der Waals surface area contributed by atoms with Gasteiger partial charge in [-0.05, 0) is 36.6 Å². The van der Waals surface area contributed by atoms with Crippen LogP contribution in [0.15, 0.2) is 71.3 Å². The minimum absolute atomic E-state index is 0.0669. The van der Waals surface area contributed by atoms with E-state index in [1.807, 2.05) is 54.6 Å². The van der Waals surface area contributed by atoms with E-state index in [1.165, 1.54) is 5.56 Å². The van der Waals surface area contributed by atoms with Gasteiger partial charge in [0, 0.05) is 33.7 Å². The van der Waals surface area contributed by atoms with E-state index < -0.39 is 0 Å². The number of pyridine rings is 1. The summed E-state index contributed by atoms with van der Waals surface area (Å²) >= 11 is 3.44. The number of hydrogen-bond donors (Lipinski definition) is 1. The molecule has 29 heavy (non-hydrogen) atoms. The Morgan fingerprint density at radius 3 is 2.59 bits per heavy atom. The number of ketones is 1. The number of rotatable bonds is 6. The third-order valence-electron chi connectivity index (χ3n) is 4.87. The summed E-state index contributed by atoms with van der Waals surface area (Å²) in [5, 5.41) is 1.01. The molecule has 2 heterocycles. The second-order valence-corrected chi connectivity index (χ2v) is 7.79. The SMILES string of the molecule is [C-]#[N+]c1ccc(CCc2cc3cc(CC(=O)c4ccccc4Br)cnc3[nH]2)cc1. The lowest BCUT2D eigenvalue weighted by molar-refractivity contribution is 0.0992. The van der Waals surface area contributed by atoms with Gasteiger partial charge in [-0.2, -0.15) is 0 Å². The Morgan fingerprint density at radius 2 is 1.83 bits per heavy atom. The number of aryl methyl sites for hydroxylation is 2. The highest BCUT2D eigenvalue weighted by molar-refractivity contribution is 9.10. The molecule has 0 bridgehead atoms. The van der Waals surface area contributed by atoms with Crippen LogP contribution >= 0.6 is 15.9 Å². The van der Waals surface area contributed by atoms with E-state index >= 15 is 0 Å². The summed E-state index contributed by atoms with van der Waals surface area (Å²) < 4.78 is 0.812. The van der Waals surface area contributed by atoms with Gasteiger partial charge in [-0.25, -0.2) is 9.83 Å². The highest BCUT2D eigenvalue weighted by Crippen LogP contribution is 2.21. The fourth-order valence-electron chi connectivity index (χ4n) is 3.33. The minimum atomic E-state index is 0.0669. The van der Waals surface area contributed by atoms with Gasteiger partial charge in [-0.15, -0.1) is 0 Å². The van der Waals surface area contributed by atoms with E-state index in [9.17, 15) is 4.79 Å². The molecule has 4 rings (SSSR count). The maximum absolute atomic E-state index is 12.6. The molecule has 0 saturated carbocycles. The fraction of sp³-hybridized carbons (Fsp3) is 0.125. The zero-order valence-corrected chi connectivity index (χ0v) is 17.2. The second kappa shape index (κ2) is 8.42. The van der Waals surface area contributed by atoms with Crippen molar-refractivity contribution in [3.63, 3.8) is 0 Å². The zero-order valence-electron chi connectivity index (χ0n) is 15.7. The highest BCUT2D eigenvalue weighted by atomic mass is 79.9. The van der Waals surface area contributed by atoms with E-state index in [1.54, 1.807) is 6.20 Å². The molecular weight excluding hydrogens is 426 g/mol. The van der Waals surface area contributed by atoms with Crippen molar-refractivity contribution < 1.29 is 4.79 Å². The maximum Gasteiger partial charge on any atom is 0.187 e. The molecular formula is C24H18BrN3O. The maximum atomic E-state index is 12.6. The Kier molecular flexibility index (Phi) is 5.55. The van der Waals surface area contributed by atoms with Crippen LogP contribution in [0.1, 0.15) is 27.2 Å². The summed E-state index contributed by atoms with van der Waals surface area (Å²) in [6.45, 7) is 7.02. The van der Waals surface area contributed by atoms with Gasteiger partial charge in [-0.1, -0.05) is 64.0 Å². The molecule has 0 spiro atoms. The van der Waals surface area contributed by atoms with E-state index in [2.05, 4.69) is 36.8 Å². The van der Waals surface area contributed by atoms with Crippen molar-refractivity contribution in [1.29, 1.82) is 0 Å². The molecule has 2 aromatic heterocycles. The molecule has 1 N–H and O–H groups in total. The fourth-order valence-corrected chi connectivity index (χ4v) is 3.84. The Bertz CT molecular complexity index is 1220. The first-order valence-corrected chi connectivity index (χ1v) is 10.1. The molecule has 0 unspecified atom stereocenters. The molecule has 0 atom stereocenters. The number of nitrogens with zero attached hydrogens (tertiary/aromatic N) is 2. The van der Waals surface area contributed by atoms with E-state index in [4.69, 9.17) is 6.57 Å². The van der Waals surface area contributed by atoms with E-state index in [0.29, 0.717) is 17.7 Å². The predicted octanol–water partition coefficient (Wildman–Crippen LogP) is 6.09. The minimum Gasteiger partial charge on any atom is -0.343 e. The number of aromatic nitrogens is 2. The number of carbonyl (C=O) groups excluding carboxylic acids is 1. The number of halogens is 1. The lowest BCUT2D eigenvalue weighted by Crippen LogP contribution is -2.04. The van der Waals surface area contributed by atoms with Crippen molar-refractivity contribution in [1.82, 2.24) is 9.97 Å². The predicted molar refractivity (Wildman–Crippen MR) is 118 cm³/mol. The summed E-state index contributed by atoms with van der Waals surface area (Å²) in [6, 6.07) is 19.3. The third-order valence-corrected chi connectivity index (χ3v) is 5.56. The standard InChI is InChI=1S/C24H18BrN3O/c1-26-19-9-6-16(7-10-19)8-11-20-14-18-12-17(15-27-24(18)28-20)13-23(29)21-4-2-3-5-22(21)25/h2-7,9-10,12,14-15H,8,11,13H2,(H,27,28). The molecule has 4 aromatic rings. The van der Waals surface area contributed by atoms with Crippen molar-refractivity contribution in [3.8, 4) is 0 Å². The molecule has 142 valence electrons. The van der Waals surface area contributed by atoms with Crippen LogP contribution < -0.4 is 0 Å². The zero-order chi connectivity index (χ0) is 20.2. The Labute approximate surface area is 177 Å². The Hall–Kier alpha value is -3.23. The number of H-pyrrole nitrogens is 1. The van der Waals surface area contributed by atoms with Crippen LogP contribution in [0.5, 0.6) is 0 Å². The van der Waals surface area contributed by atoms with Crippen LogP contribution in [0.25, 0.3) is 15.9 Å². The quantitative estimate of drug-likeness (QED) is 0.289. The molecule has 0 saturated heterocycles. The molecule has 0 aliphatic rings. The number of hydrogen-bond acceptors (Lipinski definition) is 2. The van der Waals surface area contributed by atoms with E-state index in [-0.39, 0.29) is 5.78 Å².